The van der Waals surface area contributed by atoms with Crippen LogP contribution in [0.25, 0.3) is 16.7 Å². The number of amides is 1. The van der Waals surface area contributed by atoms with E-state index in [0.29, 0.717) is 27.8 Å². The van der Waals surface area contributed by atoms with E-state index in [9.17, 15) is 4.79 Å². The molecule has 0 saturated carbocycles. The summed E-state index contributed by atoms with van der Waals surface area (Å²) in [7, 11) is 0. The normalized spacial score (nSPS) is 11.8. The quantitative estimate of drug-likeness (QED) is 0.474. The van der Waals surface area contributed by atoms with Crippen LogP contribution in [0.2, 0.25) is 0 Å². The monoisotopic (exact) mass is 304 g/mol. The molecule has 4 N–H and O–H groups in total. The molecule has 1 amide bonds. The van der Waals surface area contributed by atoms with E-state index in [-0.39, 0.29) is 12.3 Å². The summed E-state index contributed by atoms with van der Waals surface area (Å²) in [4.78, 5) is 19.4. The Morgan fingerprint density at radius 1 is 1.52 bits per heavy atom. The number of thioether (sulfide) groups is 1. The van der Waals surface area contributed by atoms with Crippen molar-refractivity contribution in [2.75, 3.05) is 11.5 Å². The lowest BCUT2D eigenvalue weighted by Crippen LogP contribution is -2.11. The van der Waals surface area contributed by atoms with E-state index < -0.39 is 0 Å². The fourth-order valence-electron chi connectivity index (χ4n) is 1.72. The highest BCUT2D eigenvalue weighted by atomic mass is 32.2. The molecule has 0 radical (unpaired) electrons. The molecule has 110 valence electrons. The molecule has 21 heavy (non-hydrogen) atoms. The molecule has 0 bridgehead atoms. The van der Waals surface area contributed by atoms with Crippen molar-refractivity contribution in [3.05, 3.63) is 24.9 Å². The second-order valence-electron chi connectivity index (χ2n) is 4.29. The Balaban J connectivity index is 2.37. The van der Waals surface area contributed by atoms with Gasteiger partial charge < -0.3 is 11.5 Å². The molecule has 2 aromatic heterocycles. The molecule has 0 aliphatic carbocycles. The zero-order valence-electron chi connectivity index (χ0n) is 11.6. The SMILES string of the molecule is C=C/C=C(\C)n1ncc2c(N)nc(SCCC(N)=O)nc21. The maximum absolute atomic E-state index is 10.8. The maximum Gasteiger partial charge on any atom is 0.218 e. The molecular formula is C13H16N6OS. The number of anilines is 1. The average molecular weight is 304 g/mol. The molecule has 0 fully saturated rings. The van der Waals surface area contributed by atoms with Gasteiger partial charge in [0.1, 0.15) is 5.82 Å². The van der Waals surface area contributed by atoms with Crippen LogP contribution in [0.15, 0.2) is 30.1 Å². The molecule has 2 heterocycles. The molecule has 0 atom stereocenters. The van der Waals surface area contributed by atoms with Crippen LogP contribution in [0.5, 0.6) is 0 Å². The van der Waals surface area contributed by atoms with Crippen LogP contribution < -0.4 is 11.5 Å². The van der Waals surface area contributed by atoms with Crippen molar-refractivity contribution < 1.29 is 4.79 Å². The summed E-state index contributed by atoms with van der Waals surface area (Å²) in [6, 6.07) is 0. The largest absolute Gasteiger partial charge is 0.383 e. The van der Waals surface area contributed by atoms with Gasteiger partial charge in [0.15, 0.2) is 10.8 Å². The number of carbonyl (C=O) groups is 1. The first kappa shape index (κ1) is 15.0. The number of hydrogen-bond acceptors (Lipinski definition) is 6. The summed E-state index contributed by atoms with van der Waals surface area (Å²) < 4.78 is 1.67. The van der Waals surface area contributed by atoms with E-state index in [4.69, 9.17) is 11.5 Å². The number of fused-ring (bicyclic) bond motifs is 1. The zero-order valence-corrected chi connectivity index (χ0v) is 12.4. The van der Waals surface area contributed by atoms with Gasteiger partial charge in [-0.15, -0.1) is 0 Å². The smallest absolute Gasteiger partial charge is 0.218 e. The van der Waals surface area contributed by atoms with Crippen LogP contribution in [0, 0.1) is 0 Å². The first-order valence-electron chi connectivity index (χ1n) is 6.25. The molecule has 0 spiro atoms. The molecule has 0 aliphatic heterocycles. The number of rotatable bonds is 6. The average Bonchev–Trinajstić information content (AvgIpc) is 2.83. The Hall–Kier alpha value is -2.35. The fraction of sp³-hybridized carbons (Fsp3) is 0.231. The summed E-state index contributed by atoms with van der Waals surface area (Å²) in [6.07, 6.45) is 5.39. The maximum atomic E-state index is 10.8. The van der Waals surface area contributed by atoms with Gasteiger partial charge in [-0.05, 0) is 13.0 Å². The Labute approximate surface area is 126 Å². The number of hydrogen-bond donors (Lipinski definition) is 2. The molecule has 0 unspecified atom stereocenters. The van der Waals surface area contributed by atoms with Crippen LogP contribution >= 0.6 is 11.8 Å². The van der Waals surface area contributed by atoms with Gasteiger partial charge in [0.2, 0.25) is 5.91 Å². The standard InChI is InChI=1S/C13H16N6OS/c1-3-4-8(2)19-12-9(7-16-19)11(15)17-13(18-12)21-6-5-10(14)20/h3-4,7H,1,5-6H2,2H3,(H2,14,20)(H2,15,17,18)/b8-4+. The van der Waals surface area contributed by atoms with Crippen molar-refractivity contribution in [3.8, 4) is 0 Å². The topological polar surface area (TPSA) is 113 Å². The third kappa shape index (κ3) is 3.40. The third-order valence-electron chi connectivity index (χ3n) is 2.71. The third-order valence-corrected chi connectivity index (χ3v) is 3.56. The minimum Gasteiger partial charge on any atom is -0.383 e. The molecule has 0 aromatic carbocycles. The number of primary amides is 1. The number of carbonyl (C=O) groups excluding carboxylic acids is 1. The lowest BCUT2D eigenvalue weighted by atomic mass is 10.4. The van der Waals surface area contributed by atoms with Crippen molar-refractivity contribution in [2.24, 2.45) is 5.73 Å². The zero-order chi connectivity index (χ0) is 15.4. The van der Waals surface area contributed by atoms with Crippen molar-refractivity contribution in [3.63, 3.8) is 0 Å². The van der Waals surface area contributed by atoms with Crippen LogP contribution in [0.1, 0.15) is 13.3 Å². The predicted molar refractivity (Wildman–Crippen MR) is 84.4 cm³/mol. The number of allylic oxidation sites excluding steroid dienone is 3. The molecular weight excluding hydrogens is 288 g/mol. The molecule has 2 rings (SSSR count). The lowest BCUT2D eigenvalue weighted by molar-refractivity contribution is -0.117. The number of nitrogen functional groups attached to an aromatic ring is 1. The molecule has 7 nitrogen and oxygen atoms in total. The second-order valence-corrected chi connectivity index (χ2v) is 5.36. The predicted octanol–water partition coefficient (Wildman–Crippen LogP) is 1.42. The van der Waals surface area contributed by atoms with Crippen molar-refractivity contribution in [1.82, 2.24) is 19.7 Å². The Morgan fingerprint density at radius 2 is 2.29 bits per heavy atom. The van der Waals surface area contributed by atoms with Gasteiger partial charge in [-0.3, -0.25) is 4.79 Å². The first-order chi connectivity index (χ1) is 10.0. The highest BCUT2D eigenvalue weighted by Gasteiger charge is 2.12. The van der Waals surface area contributed by atoms with Crippen molar-refractivity contribution >= 4 is 40.2 Å². The minimum atomic E-state index is -0.355. The van der Waals surface area contributed by atoms with Crippen molar-refractivity contribution in [2.45, 2.75) is 18.5 Å². The van der Waals surface area contributed by atoms with E-state index in [0.717, 1.165) is 5.70 Å². The summed E-state index contributed by atoms with van der Waals surface area (Å²) in [5.41, 5.74) is 12.5. The van der Waals surface area contributed by atoms with Gasteiger partial charge in [-0.1, -0.05) is 24.4 Å². The Kier molecular flexibility index (Phi) is 4.59. The van der Waals surface area contributed by atoms with Gasteiger partial charge >= 0.3 is 0 Å². The van der Waals surface area contributed by atoms with Gasteiger partial charge in [0, 0.05) is 17.9 Å². The molecule has 0 aliphatic rings. The van der Waals surface area contributed by atoms with E-state index in [2.05, 4.69) is 21.6 Å². The van der Waals surface area contributed by atoms with Crippen LogP contribution in [-0.2, 0) is 4.79 Å². The molecule has 8 heteroatoms. The summed E-state index contributed by atoms with van der Waals surface area (Å²) >= 11 is 1.33. The minimum absolute atomic E-state index is 0.265. The van der Waals surface area contributed by atoms with E-state index in [1.807, 2.05) is 13.0 Å². The van der Waals surface area contributed by atoms with Gasteiger partial charge in [-0.25, -0.2) is 14.6 Å². The van der Waals surface area contributed by atoms with E-state index >= 15 is 0 Å². The summed E-state index contributed by atoms with van der Waals surface area (Å²) in [5, 5.41) is 5.44. The molecule has 2 aromatic rings. The van der Waals surface area contributed by atoms with Crippen LogP contribution in [0.3, 0.4) is 0 Å². The Morgan fingerprint density at radius 3 is 2.95 bits per heavy atom. The highest BCUT2D eigenvalue weighted by Crippen LogP contribution is 2.24. The van der Waals surface area contributed by atoms with Gasteiger partial charge in [0.05, 0.1) is 11.6 Å². The van der Waals surface area contributed by atoms with Crippen LogP contribution in [0.4, 0.5) is 5.82 Å². The summed E-state index contributed by atoms with van der Waals surface area (Å²) in [6.45, 7) is 5.56. The highest BCUT2D eigenvalue weighted by molar-refractivity contribution is 7.99. The Bertz CT molecular complexity index is 721. The second kappa shape index (κ2) is 6.40. The number of nitrogens with two attached hydrogens (primary N) is 2. The van der Waals surface area contributed by atoms with Gasteiger partial charge in [-0.2, -0.15) is 5.10 Å². The number of nitrogens with zero attached hydrogens (tertiary/aromatic N) is 4. The first-order valence-corrected chi connectivity index (χ1v) is 7.23. The van der Waals surface area contributed by atoms with E-state index in [1.165, 1.54) is 11.8 Å². The summed E-state index contributed by atoms with van der Waals surface area (Å²) in [5.74, 6) is 0.515. The van der Waals surface area contributed by atoms with Crippen molar-refractivity contribution in [1.29, 1.82) is 0 Å². The molecule has 0 saturated heterocycles. The number of aromatic nitrogens is 4. The van der Waals surface area contributed by atoms with Crippen LogP contribution in [-0.4, -0.2) is 31.4 Å². The fourth-order valence-corrected chi connectivity index (χ4v) is 2.52. The lowest BCUT2D eigenvalue weighted by Gasteiger charge is -2.05. The van der Waals surface area contributed by atoms with E-state index in [1.54, 1.807) is 17.0 Å². The van der Waals surface area contributed by atoms with Gasteiger partial charge in [0.25, 0.3) is 0 Å².